The summed E-state index contributed by atoms with van der Waals surface area (Å²) >= 11 is 0. The molecule has 1 aromatic carbocycles. The summed E-state index contributed by atoms with van der Waals surface area (Å²) in [6.45, 7) is 4.38. The van der Waals surface area contributed by atoms with Crippen LogP contribution in [0.1, 0.15) is 74.5 Å². The molecule has 1 saturated carbocycles. The summed E-state index contributed by atoms with van der Waals surface area (Å²) < 4.78 is 6.99. The minimum atomic E-state index is -0.317. The highest BCUT2D eigenvalue weighted by atomic mass is 16.5. The Bertz CT molecular complexity index is 807. The van der Waals surface area contributed by atoms with Crippen LogP contribution in [-0.4, -0.2) is 50.8 Å². The second-order valence-electron chi connectivity index (χ2n) is 7.83. The smallest absolute Gasteiger partial charge is 0.338 e. The molecule has 2 fully saturated rings. The highest BCUT2D eigenvalue weighted by Crippen LogP contribution is 2.43. The molecule has 0 radical (unpaired) electrons. The van der Waals surface area contributed by atoms with Crippen molar-refractivity contribution in [1.82, 2.24) is 25.1 Å². The van der Waals surface area contributed by atoms with E-state index in [2.05, 4.69) is 20.4 Å². The molecule has 0 atom stereocenters. The molecule has 0 spiro atoms. The van der Waals surface area contributed by atoms with Crippen LogP contribution in [0.5, 0.6) is 0 Å². The number of carbonyl (C=O) groups excluding carboxylic acids is 1. The van der Waals surface area contributed by atoms with Gasteiger partial charge in [0, 0.05) is 0 Å². The zero-order valence-electron chi connectivity index (χ0n) is 16.6. The van der Waals surface area contributed by atoms with E-state index in [0.29, 0.717) is 12.2 Å². The zero-order valence-corrected chi connectivity index (χ0v) is 16.6. The number of rotatable bonds is 5. The van der Waals surface area contributed by atoms with Crippen molar-refractivity contribution < 1.29 is 9.53 Å². The highest BCUT2D eigenvalue weighted by molar-refractivity contribution is 5.90. The third kappa shape index (κ3) is 3.55. The van der Waals surface area contributed by atoms with E-state index in [1.165, 1.54) is 38.5 Å². The van der Waals surface area contributed by atoms with Crippen molar-refractivity contribution in [3.8, 4) is 5.69 Å². The first-order valence-electron chi connectivity index (χ1n) is 10.6. The SMILES string of the molecule is CCOC(=O)c1cccc(-n2nnnc2C2(N3CCCCC3)CCCCC2)c1. The van der Waals surface area contributed by atoms with Gasteiger partial charge in [-0.2, -0.15) is 4.68 Å². The molecule has 2 aliphatic rings. The van der Waals surface area contributed by atoms with Crippen molar-refractivity contribution >= 4 is 5.97 Å². The lowest BCUT2D eigenvalue weighted by Crippen LogP contribution is -2.51. The standard InChI is InChI=1S/C21H29N5O2/c1-2-28-19(27)17-10-9-11-18(16-17)26-20(22-23-24-26)21(12-5-3-6-13-21)25-14-7-4-8-15-25/h9-11,16H,2-8,12-15H2,1H3. The molecule has 0 unspecified atom stereocenters. The lowest BCUT2D eigenvalue weighted by atomic mass is 9.78. The summed E-state index contributed by atoms with van der Waals surface area (Å²) in [7, 11) is 0. The van der Waals surface area contributed by atoms with Crippen LogP contribution in [0.3, 0.4) is 0 Å². The van der Waals surface area contributed by atoms with Crippen LogP contribution in [0.25, 0.3) is 5.69 Å². The molecule has 150 valence electrons. The molecular weight excluding hydrogens is 354 g/mol. The molecule has 0 bridgehead atoms. The fourth-order valence-electron chi connectivity index (χ4n) is 4.77. The van der Waals surface area contributed by atoms with Gasteiger partial charge in [-0.25, -0.2) is 4.79 Å². The second kappa shape index (κ2) is 8.39. The normalized spacial score (nSPS) is 20.0. The largest absolute Gasteiger partial charge is 0.462 e. The Kier molecular flexibility index (Phi) is 5.71. The van der Waals surface area contributed by atoms with E-state index in [0.717, 1.165) is 37.4 Å². The maximum absolute atomic E-state index is 12.2. The number of piperidine rings is 1. The summed E-state index contributed by atoms with van der Waals surface area (Å²) in [4.78, 5) is 14.8. The maximum atomic E-state index is 12.2. The lowest BCUT2D eigenvalue weighted by Gasteiger charge is -2.47. The van der Waals surface area contributed by atoms with E-state index >= 15 is 0 Å². The first-order chi connectivity index (χ1) is 13.7. The number of nitrogens with zero attached hydrogens (tertiary/aromatic N) is 5. The molecule has 0 amide bonds. The molecule has 1 aliphatic heterocycles. The Morgan fingerprint density at radius 3 is 2.61 bits per heavy atom. The van der Waals surface area contributed by atoms with Crippen molar-refractivity contribution in [3.63, 3.8) is 0 Å². The van der Waals surface area contributed by atoms with Crippen LogP contribution < -0.4 is 0 Å². The monoisotopic (exact) mass is 383 g/mol. The third-order valence-corrected chi connectivity index (χ3v) is 6.13. The summed E-state index contributed by atoms with van der Waals surface area (Å²) in [6.07, 6.45) is 9.63. The van der Waals surface area contributed by atoms with Gasteiger partial charge in [-0.1, -0.05) is 31.7 Å². The van der Waals surface area contributed by atoms with Crippen LogP contribution in [0.2, 0.25) is 0 Å². The Labute approximate surface area is 166 Å². The third-order valence-electron chi connectivity index (χ3n) is 6.13. The van der Waals surface area contributed by atoms with E-state index in [9.17, 15) is 4.79 Å². The topological polar surface area (TPSA) is 73.1 Å². The Morgan fingerprint density at radius 1 is 1.11 bits per heavy atom. The van der Waals surface area contributed by atoms with Gasteiger partial charge in [-0.3, -0.25) is 4.90 Å². The first-order valence-corrected chi connectivity index (χ1v) is 10.6. The van der Waals surface area contributed by atoms with Gasteiger partial charge >= 0.3 is 5.97 Å². The number of esters is 1. The highest BCUT2D eigenvalue weighted by Gasteiger charge is 2.44. The summed E-state index contributed by atoms with van der Waals surface area (Å²) in [5.74, 6) is 0.595. The molecule has 4 rings (SSSR count). The quantitative estimate of drug-likeness (QED) is 0.736. The molecule has 2 heterocycles. The predicted molar refractivity (Wildman–Crippen MR) is 105 cm³/mol. The number of hydrogen-bond donors (Lipinski definition) is 0. The fourth-order valence-corrected chi connectivity index (χ4v) is 4.77. The molecule has 7 nitrogen and oxygen atoms in total. The van der Waals surface area contributed by atoms with Crippen molar-refractivity contribution in [2.24, 2.45) is 0 Å². The average molecular weight is 383 g/mol. The van der Waals surface area contributed by atoms with E-state index in [4.69, 9.17) is 4.74 Å². The number of ether oxygens (including phenoxy) is 1. The minimum absolute atomic E-state index is 0.109. The second-order valence-corrected chi connectivity index (χ2v) is 7.83. The van der Waals surface area contributed by atoms with E-state index in [1.807, 2.05) is 29.8 Å². The summed E-state index contributed by atoms with van der Waals surface area (Å²) in [5.41, 5.74) is 1.23. The van der Waals surface area contributed by atoms with Gasteiger partial charge in [0.05, 0.1) is 23.4 Å². The maximum Gasteiger partial charge on any atom is 0.338 e. The lowest BCUT2D eigenvalue weighted by molar-refractivity contribution is 0.0213. The van der Waals surface area contributed by atoms with E-state index in [1.54, 1.807) is 6.07 Å². The molecular formula is C21H29N5O2. The molecule has 1 saturated heterocycles. The molecule has 1 aromatic heterocycles. The van der Waals surface area contributed by atoms with Crippen LogP contribution in [-0.2, 0) is 10.3 Å². The Morgan fingerprint density at radius 2 is 1.86 bits per heavy atom. The molecule has 7 heteroatoms. The van der Waals surface area contributed by atoms with Gasteiger partial charge in [0.2, 0.25) is 0 Å². The number of tetrazole rings is 1. The van der Waals surface area contributed by atoms with Gasteiger partial charge < -0.3 is 4.74 Å². The Balaban J connectivity index is 1.73. The average Bonchev–Trinajstić information content (AvgIpc) is 3.26. The first kappa shape index (κ1) is 19.1. The van der Waals surface area contributed by atoms with Crippen LogP contribution in [0.15, 0.2) is 24.3 Å². The summed E-state index contributed by atoms with van der Waals surface area (Å²) in [6, 6.07) is 7.41. The van der Waals surface area contributed by atoms with Gasteiger partial charge in [0.1, 0.15) is 0 Å². The number of likely N-dealkylation sites (tertiary alicyclic amines) is 1. The molecule has 1 aliphatic carbocycles. The van der Waals surface area contributed by atoms with Crippen molar-refractivity contribution in [2.75, 3.05) is 19.7 Å². The predicted octanol–water partition coefficient (Wildman–Crippen LogP) is 3.48. The van der Waals surface area contributed by atoms with Crippen LogP contribution in [0, 0.1) is 0 Å². The van der Waals surface area contributed by atoms with Crippen molar-refractivity contribution in [1.29, 1.82) is 0 Å². The number of aromatic nitrogens is 4. The van der Waals surface area contributed by atoms with Gasteiger partial charge in [-0.15, -0.1) is 5.10 Å². The van der Waals surface area contributed by atoms with Crippen molar-refractivity contribution in [3.05, 3.63) is 35.7 Å². The minimum Gasteiger partial charge on any atom is -0.462 e. The Hall–Kier alpha value is -2.28. The number of benzene rings is 1. The van der Waals surface area contributed by atoms with Gasteiger partial charge in [-0.05, 0) is 74.3 Å². The zero-order chi connectivity index (χ0) is 19.4. The van der Waals surface area contributed by atoms with Crippen LogP contribution in [0.4, 0.5) is 0 Å². The number of hydrogen-bond acceptors (Lipinski definition) is 6. The van der Waals surface area contributed by atoms with Crippen molar-refractivity contribution in [2.45, 2.75) is 63.8 Å². The molecule has 2 aromatic rings. The van der Waals surface area contributed by atoms with E-state index in [-0.39, 0.29) is 11.5 Å². The summed E-state index contributed by atoms with van der Waals surface area (Å²) in [5, 5.41) is 12.9. The fraction of sp³-hybridized carbons (Fsp3) is 0.619. The molecule has 28 heavy (non-hydrogen) atoms. The van der Waals surface area contributed by atoms with E-state index < -0.39 is 0 Å². The number of carbonyl (C=O) groups is 1. The van der Waals surface area contributed by atoms with Crippen LogP contribution >= 0.6 is 0 Å². The van der Waals surface area contributed by atoms with Gasteiger partial charge in [0.15, 0.2) is 5.82 Å². The van der Waals surface area contributed by atoms with Gasteiger partial charge in [0.25, 0.3) is 0 Å². The molecule has 0 N–H and O–H groups in total.